The molecule has 0 fully saturated rings. The molecule has 13 heteroatoms. The van der Waals surface area contributed by atoms with Crippen molar-refractivity contribution in [3.05, 3.63) is 76.2 Å². The zero-order chi connectivity index (χ0) is 29.2. The first-order valence-electron chi connectivity index (χ1n) is 11.8. The summed E-state index contributed by atoms with van der Waals surface area (Å²) in [5.74, 6) is -1.98. The van der Waals surface area contributed by atoms with Gasteiger partial charge in [-0.25, -0.2) is 14.4 Å². The summed E-state index contributed by atoms with van der Waals surface area (Å²) in [4.78, 5) is 61.1. The second-order valence-electron chi connectivity index (χ2n) is 8.21. The smallest absolute Gasteiger partial charge is 0.348 e. The molecule has 0 spiro atoms. The molecule has 0 radical (unpaired) electrons. The number of urea groups is 1. The fourth-order valence-electron chi connectivity index (χ4n) is 3.61. The lowest BCUT2D eigenvalue weighted by atomic mass is 10.0. The van der Waals surface area contributed by atoms with Gasteiger partial charge in [-0.15, -0.1) is 11.3 Å². The number of thiophene rings is 1. The van der Waals surface area contributed by atoms with Crippen molar-refractivity contribution in [3.63, 3.8) is 0 Å². The number of nitrogens with two attached hydrogens (primary N) is 1. The number of anilines is 1. The molecule has 40 heavy (non-hydrogen) atoms. The molecule has 0 bridgehead atoms. The predicted octanol–water partition coefficient (Wildman–Crippen LogP) is 3.70. The van der Waals surface area contributed by atoms with Crippen LogP contribution in [0.5, 0.6) is 11.5 Å². The number of hydrogen-bond donors (Lipinski definition) is 3. The molecule has 0 aliphatic rings. The van der Waals surface area contributed by atoms with Gasteiger partial charge in [0.15, 0.2) is 6.61 Å². The Labute approximate surface area is 233 Å². The van der Waals surface area contributed by atoms with E-state index in [-0.39, 0.29) is 27.4 Å². The summed E-state index contributed by atoms with van der Waals surface area (Å²) in [5, 5.41) is 4.98. The topological polar surface area (TPSA) is 172 Å². The Morgan fingerprint density at radius 2 is 1.60 bits per heavy atom. The van der Waals surface area contributed by atoms with Crippen LogP contribution in [0.15, 0.2) is 54.6 Å². The molecule has 3 aromatic rings. The van der Waals surface area contributed by atoms with Crippen LogP contribution < -0.4 is 21.1 Å². The van der Waals surface area contributed by atoms with E-state index in [0.717, 1.165) is 18.4 Å². The second-order valence-corrected chi connectivity index (χ2v) is 9.23. The van der Waals surface area contributed by atoms with Gasteiger partial charge in [0, 0.05) is 0 Å². The predicted molar refractivity (Wildman–Crippen MR) is 144 cm³/mol. The van der Waals surface area contributed by atoms with E-state index in [1.54, 1.807) is 36.4 Å². The van der Waals surface area contributed by atoms with Crippen molar-refractivity contribution in [2.45, 2.75) is 19.4 Å². The number of primary amides is 1. The van der Waals surface area contributed by atoms with E-state index in [0.29, 0.717) is 17.1 Å². The third-order valence-electron chi connectivity index (χ3n) is 5.45. The minimum absolute atomic E-state index is 0.0177. The summed E-state index contributed by atoms with van der Waals surface area (Å²) < 4.78 is 20.4. The van der Waals surface area contributed by atoms with E-state index in [9.17, 15) is 24.0 Å². The van der Waals surface area contributed by atoms with Gasteiger partial charge in [-0.3, -0.25) is 9.59 Å². The van der Waals surface area contributed by atoms with E-state index in [4.69, 9.17) is 24.7 Å². The average Bonchev–Trinajstić information content (AvgIpc) is 3.26. The van der Waals surface area contributed by atoms with Crippen molar-refractivity contribution in [1.29, 1.82) is 0 Å². The standard InChI is InChI=1S/C27H27N3O9S/c1-15-22(25(33)36-2)24(40-23(15)26(34)37-3)30-20(31)14-38-21(32)13-19(29-27(28)35)16-8-7-11-18(12-16)39-17-9-5-4-6-10-17/h4-12,19H,13-14H2,1-3H3,(H,30,31)(H3,28,29,35)/t19-/m1/s1. The molecule has 210 valence electrons. The van der Waals surface area contributed by atoms with Crippen molar-refractivity contribution < 1.29 is 42.9 Å². The Morgan fingerprint density at radius 3 is 2.25 bits per heavy atom. The van der Waals surface area contributed by atoms with E-state index < -0.39 is 42.5 Å². The first kappa shape index (κ1) is 29.6. The van der Waals surface area contributed by atoms with Crippen molar-refractivity contribution in [2.24, 2.45) is 5.73 Å². The summed E-state index contributed by atoms with van der Waals surface area (Å²) >= 11 is 0.821. The number of esters is 3. The minimum atomic E-state index is -0.874. The lowest BCUT2D eigenvalue weighted by molar-refractivity contribution is -0.147. The maximum atomic E-state index is 12.6. The maximum absolute atomic E-state index is 12.6. The number of benzene rings is 2. The molecule has 0 unspecified atom stereocenters. The molecule has 0 saturated heterocycles. The first-order valence-corrected chi connectivity index (χ1v) is 12.6. The highest BCUT2D eigenvalue weighted by Gasteiger charge is 2.27. The van der Waals surface area contributed by atoms with E-state index in [2.05, 4.69) is 10.6 Å². The van der Waals surface area contributed by atoms with Gasteiger partial charge in [0.2, 0.25) is 0 Å². The van der Waals surface area contributed by atoms with Crippen molar-refractivity contribution in [3.8, 4) is 11.5 Å². The average molecular weight is 570 g/mol. The fourth-order valence-corrected chi connectivity index (χ4v) is 4.74. The molecule has 4 N–H and O–H groups in total. The number of carbonyl (C=O) groups is 5. The fraction of sp³-hybridized carbons (Fsp3) is 0.222. The third-order valence-corrected chi connectivity index (χ3v) is 6.64. The minimum Gasteiger partial charge on any atom is -0.465 e. The SMILES string of the molecule is COC(=O)c1sc(NC(=O)COC(=O)C[C@@H](NC(N)=O)c2cccc(Oc3ccccc3)c2)c(C(=O)OC)c1C. The molecule has 0 aliphatic carbocycles. The normalized spacial score (nSPS) is 11.1. The highest BCUT2D eigenvalue weighted by Crippen LogP contribution is 2.34. The van der Waals surface area contributed by atoms with Crippen LogP contribution in [-0.2, 0) is 23.8 Å². The number of para-hydroxylation sites is 1. The molecule has 12 nitrogen and oxygen atoms in total. The largest absolute Gasteiger partial charge is 0.465 e. The van der Waals surface area contributed by atoms with Crippen LogP contribution in [0.25, 0.3) is 0 Å². The number of amides is 3. The van der Waals surface area contributed by atoms with Crippen LogP contribution in [0, 0.1) is 6.92 Å². The number of carbonyl (C=O) groups excluding carboxylic acids is 5. The molecule has 3 rings (SSSR count). The quantitative estimate of drug-likeness (QED) is 0.230. The van der Waals surface area contributed by atoms with Gasteiger partial charge in [-0.1, -0.05) is 30.3 Å². The summed E-state index contributed by atoms with van der Waals surface area (Å²) in [7, 11) is 2.34. The van der Waals surface area contributed by atoms with Crippen LogP contribution in [0.1, 0.15) is 43.6 Å². The summed E-state index contributed by atoms with van der Waals surface area (Å²) in [6.45, 7) is 0.806. The van der Waals surface area contributed by atoms with Crippen LogP contribution >= 0.6 is 11.3 Å². The number of ether oxygens (including phenoxy) is 4. The Balaban J connectivity index is 1.67. The molecular weight excluding hydrogens is 542 g/mol. The van der Waals surface area contributed by atoms with E-state index in [1.807, 2.05) is 18.2 Å². The molecular formula is C27H27N3O9S. The molecule has 1 atom stereocenters. The molecule has 3 amide bonds. The maximum Gasteiger partial charge on any atom is 0.348 e. The molecule has 0 aliphatic heterocycles. The summed E-state index contributed by atoms with van der Waals surface area (Å²) in [6, 6.07) is 14.0. The van der Waals surface area contributed by atoms with E-state index in [1.165, 1.54) is 14.0 Å². The molecule has 1 heterocycles. The molecule has 1 aromatic heterocycles. The number of hydrogen-bond acceptors (Lipinski definition) is 10. The Bertz CT molecular complexity index is 1410. The Hall–Kier alpha value is -4.91. The van der Waals surface area contributed by atoms with Crippen molar-refractivity contribution >= 4 is 46.2 Å². The van der Waals surface area contributed by atoms with Gasteiger partial charge >= 0.3 is 23.9 Å². The van der Waals surface area contributed by atoms with Gasteiger partial charge in [-0.05, 0) is 42.3 Å². The van der Waals surface area contributed by atoms with Crippen LogP contribution in [0.3, 0.4) is 0 Å². The zero-order valence-electron chi connectivity index (χ0n) is 21.8. The van der Waals surface area contributed by atoms with Gasteiger partial charge in [0.25, 0.3) is 5.91 Å². The lowest BCUT2D eigenvalue weighted by Gasteiger charge is -2.18. The Kier molecular flexibility index (Phi) is 10.2. The first-order chi connectivity index (χ1) is 19.1. The van der Waals surface area contributed by atoms with Crippen LogP contribution in [0.2, 0.25) is 0 Å². The van der Waals surface area contributed by atoms with Crippen molar-refractivity contribution in [1.82, 2.24) is 5.32 Å². The second kappa shape index (κ2) is 13.8. The van der Waals surface area contributed by atoms with Crippen molar-refractivity contribution in [2.75, 3.05) is 26.1 Å². The monoisotopic (exact) mass is 569 g/mol. The third kappa shape index (κ3) is 7.80. The highest BCUT2D eigenvalue weighted by atomic mass is 32.1. The van der Waals surface area contributed by atoms with Gasteiger partial charge in [0.1, 0.15) is 21.4 Å². The lowest BCUT2D eigenvalue weighted by Crippen LogP contribution is -2.35. The number of nitrogens with one attached hydrogen (secondary N) is 2. The highest BCUT2D eigenvalue weighted by molar-refractivity contribution is 7.18. The van der Waals surface area contributed by atoms with Gasteiger partial charge < -0.3 is 35.3 Å². The summed E-state index contributed by atoms with van der Waals surface area (Å²) in [5.41, 5.74) is 6.07. The molecule has 0 saturated carbocycles. The van der Waals surface area contributed by atoms with Gasteiger partial charge in [0.05, 0.1) is 32.2 Å². The summed E-state index contributed by atoms with van der Waals surface area (Å²) in [6.07, 6.45) is -0.344. The van der Waals surface area contributed by atoms with Gasteiger partial charge in [-0.2, -0.15) is 0 Å². The van der Waals surface area contributed by atoms with E-state index >= 15 is 0 Å². The zero-order valence-corrected chi connectivity index (χ0v) is 22.7. The number of rotatable bonds is 11. The van der Waals surface area contributed by atoms with Crippen LogP contribution in [-0.4, -0.2) is 50.7 Å². The Morgan fingerprint density at radius 1 is 0.925 bits per heavy atom. The number of methoxy groups -OCH3 is 2. The van der Waals surface area contributed by atoms with Crippen LogP contribution in [0.4, 0.5) is 9.80 Å². The molecule has 2 aromatic carbocycles.